The van der Waals surface area contributed by atoms with Crippen LogP contribution in [0.25, 0.3) is 0 Å². The molecule has 5 nitrogen and oxygen atoms in total. The van der Waals surface area contributed by atoms with Crippen molar-refractivity contribution < 1.29 is 9.18 Å². The lowest BCUT2D eigenvalue weighted by Crippen LogP contribution is -2.48. The van der Waals surface area contributed by atoms with Gasteiger partial charge in [-0.1, -0.05) is 23.7 Å². The van der Waals surface area contributed by atoms with E-state index >= 15 is 0 Å². The Labute approximate surface area is 143 Å². The summed E-state index contributed by atoms with van der Waals surface area (Å²) in [6.45, 7) is 3.06. The normalized spacial score (nSPS) is 15.5. The number of benzene rings is 1. The molecule has 7 heteroatoms. The van der Waals surface area contributed by atoms with Crippen LogP contribution < -0.4 is 5.56 Å². The van der Waals surface area contributed by atoms with Crippen LogP contribution in [-0.4, -0.2) is 46.9 Å². The molecule has 0 aliphatic carbocycles. The van der Waals surface area contributed by atoms with E-state index in [2.05, 4.69) is 9.88 Å². The molecule has 3 rings (SSSR count). The standard InChI is InChI=1S/C17H17ClFN3O2/c18-13-2-1-3-14(19)16(13)17(24)22-8-6-21(7-9-22)11-12-4-5-15(23)20-10-12/h1-5,10H,6-9,11H2,(H,20,23). The van der Waals surface area contributed by atoms with Crippen molar-refractivity contribution in [3.05, 3.63) is 68.8 Å². The molecular weight excluding hydrogens is 333 g/mol. The second-order valence-electron chi connectivity index (χ2n) is 5.73. The lowest BCUT2D eigenvalue weighted by Gasteiger charge is -2.34. The van der Waals surface area contributed by atoms with Gasteiger partial charge in [-0.3, -0.25) is 14.5 Å². The molecule has 2 aromatic rings. The van der Waals surface area contributed by atoms with Crippen LogP contribution in [0.4, 0.5) is 4.39 Å². The summed E-state index contributed by atoms with van der Waals surface area (Å²) in [6.07, 6.45) is 1.69. The number of nitrogens with one attached hydrogen (secondary N) is 1. The van der Waals surface area contributed by atoms with Crippen molar-refractivity contribution in [1.82, 2.24) is 14.8 Å². The maximum Gasteiger partial charge on any atom is 0.258 e. The molecule has 126 valence electrons. The zero-order chi connectivity index (χ0) is 17.1. The first-order chi connectivity index (χ1) is 11.5. The molecule has 1 N–H and O–H groups in total. The molecule has 1 saturated heterocycles. The SMILES string of the molecule is O=C(c1c(F)cccc1Cl)N1CCN(Cc2ccc(=O)[nH]c2)CC1. The maximum atomic E-state index is 13.9. The van der Waals surface area contributed by atoms with Gasteiger partial charge in [0.05, 0.1) is 10.6 Å². The number of carbonyl (C=O) groups excluding carboxylic acids is 1. The molecule has 24 heavy (non-hydrogen) atoms. The smallest absolute Gasteiger partial charge is 0.258 e. The van der Waals surface area contributed by atoms with E-state index in [1.807, 2.05) is 0 Å². The third-order valence-corrected chi connectivity index (χ3v) is 4.41. The minimum atomic E-state index is -0.594. The summed E-state index contributed by atoms with van der Waals surface area (Å²) in [5.41, 5.74) is 0.815. The average Bonchev–Trinajstić information content (AvgIpc) is 2.57. The highest BCUT2D eigenvalue weighted by Gasteiger charge is 2.25. The minimum absolute atomic E-state index is 0.0618. The Balaban J connectivity index is 1.61. The molecule has 0 unspecified atom stereocenters. The van der Waals surface area contributed by atoms with E-state index in [0.717, 1.165) is 5.56 Å². The number of hydrogen-bond acceptors (Lipinski definition) is 3. The predicted molar refractivity (Wildman–Crippen MR) is 89.7 cm³/mol. The summed E-state index contributed by atoms with van der Waals surface area (Å²) in [5.74, 6) is -0.968. The van der Waals surface area contributed by atoms with E-state index in [0.29, 0.717) is 32.7 Å². The largest absolute Gasteiger partial charge is 0.336 e. The van der Waals surface area contributed by atoms with Crippen LogP contribution in [0.2, 0.25) is 5.02 Å². The minimum Gasteiger partial charge on any atom is -0.336 e. The van der Waals surface area contributed by atoms with Crippen molar-refractivity contribution in [2.24, 2.45) is 0 Å². The maximum absolute atomic E-state index is 13.9. The molecule has 0 bridgehead atoms. The van der Waals surface area contributed by atoms with Crippen LogP contribution in [0, 0.1) is 5.82 Å². The molecule has 1 amide bonds. The van der Waals surface area contributed by atoms with Crippen molar-refractivity contribution >= 4 is 17.5 Å². The Morgan fingerprint density at radius 3 is 2.54 bits per heavy atom. The van der Waals surface area contributed by atoms with Crippen molar-refractivity contribution in [3.8, 4) is 0 Å². The van der Waals surface area contributed by atoms with Crippen LogP contribution in [-0.2, 0) is 6.54 Å². The van der Waals surface area contributed by atoms with E-state index in [9.17, 15) is 14.0 Å². The fourth-order valence-electron chi connectivity index (χ4n) is 2.77. The first kappa shape index (κ1) is 16.7. The summed E-state index contributed by atoms with van der Waals surface area (Å²) in [6, 6.07) is 7.52. The first-order valence-electron chi connectivity index (χ1n) is 7.68. The number of aromatic amines is 1. The number of carbonyl (C=O) groups is 1. The second-order valence-corrected chi connectivity index (χ2v) is 6.13. The van der Waals surface area contributed by atoms with Crippen molar-refractivity contribution in [2.45, 2.75) is 6.54 Å². The summed E-state index contributed by atoms with van der Waals surface area (Å²) in [5, 5.41) is 0.135. The predicted octanol–water partition coefficient (Wildman–Crippen LogP) is 2.13. The highest BCUT2D eigenvalue weighted by molar-refractivity contribution is 6.33. The van der Waals surface area contributed by atoms with Crippen molar-refractivity contribution in [3.63, 3.8) is 0 Å². The Kier molecular flexibility index (Phi) is 4.97. The molecule has 0 radical (unpaired) electrons. The molecule has 2 heterocycles. The van der Waals surface area contributed by atoms with Gasteiger partial charge in [-0.05, 0) is 17.7 Å². The third-order valence-electron chi connectivity index (χ3n) is 4.09. The summed E-state index contributed by atoms with van der Waals surface area (Å²) in [7, 11) is 0. The number of amides is 1. The lowest BCUT2D eigenvalue weighted by atomic mass is 10.1. The summed E-state index contributed by atoms with van der Waals surface area (Å²) >= 11 is 5.97. The highest BCUT2D eigenvalue weighted by Crippen LogP contribution is 2.21. The highest BCUT2D eigenvalue weighted by atomic mass is 35.5. The Morgan fingerprint density at radius 2 is 1.92 bits per heavy atom. The fourth-order valence-corrected chi connectivity index (χ4v) is 3.01. The van der Waals surface area contributed by atoms with Gasteiger partial charge in [-0.25, -0.2) is 4.39 Å². The van der Waals surface area contributed by atoms with E-state index in [1.54, 1.807) is 17.2 Å². The number of pyridine rings is 1. The topological polar surface area (TPSA) is 56.4 Å². The van der Waals surface area contributed by atoms with Gasteiger partial charge in [0.25, 0.3) is 5.91 Å². The molecule has 1 aromatic heterocycles. The van der Waals surface area contributed by atoms with Gasteiger partial charge in [0.2, 0.25) is 5.56 Å². The van der Waals surface area contributed by atoms with Gasteiger partial charge in [-0.2, -0.15) is 0 Å². The monoisotopic (exact) mass is 349 g/mol. The summed E-state index contributed by atoms with van der Waals surface area (Å²) in [4.78, 5) is 30.0. The van der Waals surface area contributed by atoms with Crippen LogP contribution in [0.5, 0.6) is 0 Å². The fraction of sp³-hybridized carbons (Fsp3) is 0.294. The van der Waals surface area contributed by atoms with Gasteiger partial charge in [0.1, 0.15) is 5.82 Å². The van der Waals surface area contributed by atoms with Crippen LogP contribution in [0.15, 0.2) is 41.3 Å². The average molecular weight is 350 g/mol. The van der Waals surface area contributed by atoms with Gasteiger partial charge in [0.15, 0.2) is 0 Å². The van der Waals surface area contributed by atoms with Crippen molar-refractivity contribution in [2.75, 3.05) is 26.2 Å². The number of piperazine rings is 1. The molecule has 1 aliphatic heterocycles. The number of H-pyrrole nitrogens is 1. The number of aromatic nitrogens is 1. The van der Waals surface area contributed by atoms with Gasteiger partial charge >= 0.3 is 0 Å². The van der Waals surface area contributed by atoms with Crippen LogP contribution >= 0.6 is 11.6 Å². The molecule has 0 spiro atoms. The van der Waals surface area contributed by atoms with Gasteiger partial charge in [-0.15, -0.1) is 0 Å². The number of hydrogen-bond donors (Lipinski definition) is 1. The lowest BCUT2D eigenvalue weighted by molar-refractivity contribution is 0.0624. The van der Waals surface area contributed by atoms with Crippen molar-refractivity contribution in [1.29, 1.82) is 0 Å². The number of rotatable bonds is 3. The van der Waals surface area contributed by atoms with Crippen LogP contribution in [0.1, 0.15) is 15.9 Å². The molecule has 0 saturated carbocycles. The first-order valence-corrected chi connectivity index (χ1v) is 8.05. The molecule has 1 aromatic carbocycles. The van der Waals surface area contributed by atoms with Gasteiger partial charge < -0.3 is 9.88 Å². The van der Waals surface area contributed by atoms with Crippen LogP contribution in [0.3, 0.4) is 0 Å². The zero-order valence-corrected chi connectivity index (χ0v) is 13.7. The molecule has 0 atom stereocenters. The summed E-state index contributed by atoms with van der Waals surface area (Å²) < 4.78 is 13.9. The van der Waals surface area contributed by atoms with E-state index in [4.69, 9.17) is 11.6 Å². The van der Waals surface area contributed by atoms with E-state index in [1.165, 1.54) is 24.3 Å². The van der Waals surface area contributed by atoms with E-state index < -0.39 is 5.82 Å². The Bertz CT molecular complexity index is 760. The molecule has 1 aliphatic rings. The van der Waals surface area contributed by atoms with E-state index in [-0.39, 0.29) is 22.1 Å². The second kappa shape index (κ2) is 7.15. The molecule has 1 fully saturated rings. The number of nitrogens with zero attached hydrogens (tertiary/aromatic N) is 2. The van der Waals surface area contributed by atoms with Gasteiger partial charge in [0, 0.05) is 45.0 Å². The third kappa shape index (κ3) is 3.66. The molecular formula is C17H17ClFN3O2. The Hall–Kier alpha value is -2.18. The Morgan fingerprint density at radius 1 is 1.17 bits per heavy atom. The number of halogens is 2. The zero-order valence-electron chi connectivity index (χ0n) is 13.0. The quantitative estimate of drug-likeness (QED) is 0.923.